The Balaban J connectivity index is 1.54. The van der Waals surface area contributed by atoms with Gasteiger partial charge < -0.3 is 9.64 Å². The Morgan fingerprint density at radius 1 is 1.14 bits per heavy atom. The summed E-state index contributed by atoms with van der Waals surface area (Å²) in [4.78, 5) is 4.94. The summed E-state index contributed by atoms with van der Waals surface area (Å²) < 4.78 is 18.9. The molecule has 0 radical (unpaired) electrons. The van der Waals surface area contributed by atoms with Crippen LogP contribution in [0.4, 0.5) is 4.39 Å². The van der Waals surface area contributed by atoms with E-state index in [1.54, 1.807) is 19.2 Å². The Labute approximate surface area is 126 Å². The van der Waals surface area contributed by atoms with Gasteiger partial charge >= 0.3 is 0 Å². The van der Waals surface area contributed by atoms with Gasteiger partial charge in [-0.25, -0.2) is 4.39 Å². The van der Waals surface area contributed by atoms with Gasteiger partial charge in [0, 0.05) is 45.4 Å². The number of benzene rings is 1. The van der Waals surface area contributed by atoms with Gasteiger partial charge in [0.15, 0.2) is 0 Å². The van der Waals surface area contributed by atoms with Crippen molar-refractivity contribution >= 4 is 0 Å². The summed E-state index contributed by atoms with van der Waals surface area (Å²) >= 11 is 0. The molecule has 116 valence electrons. The van der Waals surface area contributed by atoms with Crippen molar-refractivity contribution in [3.8, 4) is 0 Å². The second-order valence-electron chi connectivity index (χ2n) is 6.39. The third kappa shape index (κ3) is 3.62. The molecule has 2 heterocycles. The molecule has 0 aliphatic carbocycles. The molecule has 2 atom stereocenters. The van der Waals surface area contributed by atoms with Crippen molar-refractivity contribution < 1.29 is 9.13 Å². The van der Waals surface area contributed by atoms with Gasteiger partial charge in [0.05, 0.1) is 6.61 Å². The van der Waals surface area contributed by atoms with Crippen molar-refractivity contribution in [1.82, 2.24) is 9.80 Å². The van der Waals surface area contributed by atoms with E-state index >= 15 is 0 Å². The number of ether oxygens (including phenoxy) is 1. The van der Waals surface area contributed by atoms with Crippen LogP contribution in [-0.4, -0.2) is 56.2 Å². The summed E-state index contributed by atoms with van der Waals surface area (Å²) in [6, 6.07) is 7.15. The highest BCUT2D eigenvalue weighted by molar-refractivity contribution is 5.17. The first kappa shape index (κ1) is 14.9. The molecule has 1 aromatic rings. The second kappa shape index (κ2) is 6.86. The maximum atomic E-state index is 13.8. The van der Waals surface area contributed by atoms with Crippen molar-refractivity contribution in [2.24, 2.45) is 11.8 Å². The number of halogens is 1. The third-order valence-electron chi connectivity index (χ3n) is 4.92. The van der Waals surface area contributed by atoms with E-state index in [4.69, 9.17) is 4.74 Å². The van der Waals surface area contributed by atoms with Gasteiger partial charge in [0.1, 0.15) is 5.82 Å². The molecule has 2 aliphatic rings. The Morgan fingerprint density at radius 3 is 2.71 bits per heavy atom. The van der Waals surface area contributed by atoms with Crippen LogP contribution in [0, 0.1) is 17.7 Å². The number of piperidine rings is 1. The third-order valence-corrected chi connectivity index (χ3v) is 4.92. The SMILES string of the molecule is COCCN1CC[C@@H]2CN(Cc3ccccc3F)C[C@@H]2C1. The molecule has 2 saturated heterocycles. The number of rotatable bonds is 5. The largest absolute Gasteiger partial charge is 0.383 e. The fourth-order valence-electron chi connectivity index (χ4n) is 3.76. The molecule has 0 spiro atoms. The fraction of sp³-hybridized carbons (Fsp3) is 0.647. The monoisotopic (exact) mass is 292 g/mol. The first-order valence-electron chi connectivity index (χ1n) is 7.93. The lowest BCUT2D eigenvalue weighted by atomic mass is 9.89. The van der Waals surface area contributed by atoms with Crippen molar-refractivity contribution in [2.45, 2.75) is 13.0 Å². The van der Waals surface area contributed by atoms with E-state index in [9.17, 15) is 4.39 Å². The quantitative estimate of drug-likeness (QED) is 0.828. The maximum absolute atomic E-state index is 13.8. The van der Waals surface area contributed by atoms with Crippen molar-refractivity contribution in [3.63, 3.8) is 0 Å². The zero-order chi connectivity index (χ0) is 14.7. The number of methoxy groups -OCH3 is 1. The molecule has 2 aliphatic heterocycles. The highest BCUT2D eigenvalue weighted by Gasteiger charge is 2.36. The van der Waals surface area contributed by atoms with E-state index in [0.717, 1.165) is 50.2 Å². The van der Waals surface area contributed by atoms with Gasteiger partial charge in [-0.1, -0.05) is 18.2 Å². The number of hydrogen-bond acceptors (Lipinski definition) is 3. The molecule has 3 nitrogen and oxygen atoms in total. The molecular weight excluding hydrogens is 267 g/mol. The molecule has 0 unspecified atom stereocenters. The minimum atomic E-state index is -0.0749. The topological polar surface area (TPSA) is 15.7 Å². The van der Waals surface area contributed by atoms with Gasteiger partial charge in [-0.15, -0.1) is 0 Å². The van der Waals surface area contributed by atoms with Crippen LogP contribution in [0.2, 0.25) is 0 Å². The molecule has 0 N–H and O–H groups in total. The van der Waals surface area contributed by atoms with E-state index in [1.165, 1.54) is 19.5 Å². The molecular formula is C17H25FN2O. The van der Waals surface area contributed by atoms with Gasteiger partial charge in [0.2, 0.25) is 0 Å². The molecule has 0 bridgehead atoms. The van der Waals surface area contributed by atoms with Crippen LogP contribution < -0.4 is 0 Å². The summed E-state index contributed by atoms with van der Waals surface area (Å²) in [5, 5.41) is 0. The Morgan fingerprint density at radius 2 is 1.90 bits per heavy atom. The van der Waals surface area contributed by atoms with Crippen LogP contribution in [-0.2, 0) is 11.3 Å². The number of fused-ring (bicyclic) bond motifs is 1. The molecule has 0 amide bonds. The first-order chi connectivity index (χ1) is 10.3. The average molecular weight is 292 g/mol. The van der Waals surface area contributed by atoms with E-state index in [-0.39, 0.29) is 5.82 Å². The van der Waals surface area contributed by atoms with Crippen molar-refractivity contribution in [1.29, 1.82) is 0 Å². The Kier molecular flexibility index (Phi) is 4.88. The van der Waals surface area contributed by atoms with E-state index in [2.05, 4.69) is 9.80 Å². The molecule has 2 fully saturated rings. The van der Waals surface area contributed by atoms with Crippen LogP contribution in [0.3, 0.4) is 0 Å². The van der Waals surface area contributed by atoms with Gasteiger partial charge in [-0.2, -0.15) is 0 Å². The van der Waals surface area contributed by atoms with Crippen LogP contribution in [0.25, 0.3) is 0 Å². The number of nitrogens with zero attached hydrogens (tertiary/aromatic N) is 2. The minimum Gasteiger partial charge on any atom is -0.383 e. The zero-order valence-corrected chi connectivity index (χ0v) is 12.8. The number of hydrogen-bond donors (Lipinski definition) is 0. The van der Waals surface area contributed by atoms with Crippen molar-refractivity contribution in [3.05, 3.63) is 35.6 Å². The lowest BCUT2D eigenvalue weighted by Gasteiger charge is -2.34. The lowest BCUT2D eigenvalue weighted by molar-refractivity contribution is 0.102. The fourth-order valence-corrected chi connectivity index (χ4v) is 3.76. The van der Waals surface area contributed by atoms with Crippen LogP contribution in [0.15, 0.2) is 24.3 Å². The molecule has 0 saturated carbocycles. The Hall–Kier alpha value is -0.970. The van der Waals surface area contributed by atoms with E-state index < -0.39 is 0 Å². The first-order valence-corrected chi connectivity index (χ1v) is 7.93. The van der Waals surface area contributed by atoms with Crippen molar-refractivity contribution in [2.75, 3.05) is 46.4 Å². The molecule has 1 aromatic carbocycles. The number of likely N-dealkylation sites (tertiary alicyclic amines) is 2. The zero-order valence-electron chi connectivity index (χ0n) is 12.8. The van der Waals surface area contributed by atoms with Crippen LogP contribution in [0.1, 0.15) is 12.0 Å². The predicted octanol–water partition coefficient (Wildman–Crippen LogP) is 2.23. The molecule has 0 aromatic heterocycles. The summed E-state index contributed by atoms with van der Waals surface area (Å²) in [5.74, 6) is 1.45. The summed E-state index contributed by atoms with van der Waals surface area (Å²) in [6.45, 7) is 7.17. The lowest BCUT2D eigenvalue weighted by Crippen LogP contribution is -2.41. The second-order valence-corrected chi connectivity index (χ2v) is 6.39. The molecule has 3 rings (SSSR count). The van der Waals surface area contributed by atoms with E-state index in [1.807, 2.05) is 12.1 Å². The summed E-state index contributed by atoms with van der Waals surface area (Å²) in [7, 11) is 1.76. The van der Waals surface area contributed by atoms with Gasteiger partial charge in [0.25, 0.3) is 0 Å². The standard InChI is InChI=1S/C17H25FN2O/c1-21-9-8-19-7-6-14-10-20(13-16(14)12-19)11-15-4-2-3-5-17(15)18/h2-5,14,16H,6-13H2,1H3/t14-,16+/m1/s1. The highest BCUT2D eigenvalue weighted by atomic mass is 19.1. The molecule has 4 heteroatoms. The summed E-state index contributed by atoms with van der Waals surface area (Å²) in [5.41, 5.74) is 0.826. The van der Waals surface area contributed by atoms with Crippen LogP contribution in [0.5, 0.6) is 0 Å². The normalized spacial score (nSPS) is 27.0. The van der Waals surface area contributed by atoms with E-state index in [0.29, 0.717) is 0 Å². The van der Waals surface area contributed by atoms with Crippen LogP contribution >= 0.6 is 0 Å². The predicted molar refractivity (Wildman–Crippen MR) is 81.6 cm³/mol. The Bertz CT molecular complexity index is 468. The summed E-state index contributed by atoms with van der Waals surface area (Å²) in [6.07, 6.45) is 1.27. The molecule has 21 heavy (non-hydrogen) atoms. The van der Waals surface area contributed by atoms with Gasteiger partial charge in [-0.3, -0.25) is 4.90 Å². The highest BCUT2D eigenvalue weighted by Crippen LogP contribution is 2.32. The average Bonchev–Trinajstić information content (AvgIpc) is 2.89. The van der Waals surface area contributed by atoms with Gasteiger partial charge in [-0.05, 0) is 30.9 Å². The smallest absolute Gasteiger partial charge is 0.127 e. The minimum absolute atomic E-state index is 0.0749. The maximum Gasteiger partial charge on any atom is 0.127 e.